The summed E-state index contributed by atoms with van der Waals surface area (Å²) in [5.74, 6) is -0.935. The number of rotatable bonds is 8. The molecule has 5 nitrogen and oxygen atoms in total. The molecule has 2 aromatic carbocycles. The standard InChI is InChI=1S/C19H23NO4S/c1-14(2)25(23,24)20-18-12-4-3-9-16(18)10-5-7-15-8-6-11-17(13-15)19(21)22/h3-4,6,8-9,11-14,20H,5,7,10H2,1-2H3,(H,21,22). The average Bonchev–Trinajstić information content (AvgIpc) is 2.56. The molecule has 2 rings (SSSR count). The first-order valence-electron chi connectivity index (χ1n) is 8.21. The molecule has 0 atom stereocenters. The number of aromatic carboxylic acids is 1. The molecule has 134 valence electrons. The molecule has 0 spiro atoms. The maximum absolute atomic E-state index is 12.1. The summed E-state index contributed by atoms with van der Waals surface area (Å²) < 4.78 is 26.8. The molecular formula is C19H23NO4S. The highest BCUT2D eigenvalue weighted by atomic mass is 32.2. The summed E-state index contributed by atoms with van der Waals surface area (Å²) in [5, 5.41) is 8.54. The minimum atomic E-state index is -3.38. The van der Waals surface area contributed by atoms with E-state index in [0.29, 0.717) is 12.1 Å². The Morgan fingerprint density at radius 3 is 2.48 bits per heavy atom. The van der Waals surface area contributed by atoms with Crippen LogP contribution in [0.25, 0.3) is 0 Å². The topological polar surface area (TPSA) is 83.5 Å². The lowest BCUT2D eigenvalue weighted by atomic mass is 10.0. The zero-order valence-corrected chi connectivity index (χ0v) is 15.2. The van der Waals surface area contributed by atoms with Crippen LogP contribution in [0.4, 0.5) is 5.69 Å². The number of sulfonamides is 1. The molecule has 0 unspecified atom stereocenters. The van der Waals surface area contributed by atoms with Crippen molar-refractivity contribution in [2.45, 2.75) is 38.4 Å². The molecule has 0 heterocycles. The second-order valence-corrected chi connectivity index (χ2v) is 8.45. The summed E-state index contributed by atoms with van der Waals surface area (Å²) in [6.07, 6.45) is 2.23. The molecule has 0 saturated heterocycles. The van der Waals surface area contributed by atoms with Gasteiger partial charge in [0.2, 0.25) is 10.0 Å². The number of hydrogen-bond donors (Lipinski definition) is 2. The third-order valence-corrected chi connectivity index (χ3v) is 5.72. The summed E-state index contributed by atoms with van der Waals surface area (Å²) in [7, 11) is -3.38. The largest absolute Gasteiger partial charge is 0.478 e. The lowest BCUT2D eigenvalue weighted by Gasteiger charge is -2.14. The molecule has 0 saturated carbocycles. The van der Waals surface area contributed by atoms with Crippen LogP contribution in [-0.2, 0) is 22.9 Å². The lowest BCUT2D eigenvalue weighted by molar-refractivity contribution is 0.0696. The second-order valence-electron chi connectivity index (χ2n) is 6.21. The van der Waals surface area contributed by atoms with Crippen LogP contribution in [-0.4, -0.2) is 24.7 Å². The fraction of sp³-hybridized carbons (Fsp3) is 0.316. The van der Waals surface area contributed by atoms with Gasteiger partial charge in [-0.15, -0.1) is 0 Å². The first-order valence-corrected chi connectivity index (χ1v) is 9.76. The summed E-state index contributed by atoms with van der Waals surface area (Å²) >= 11 is 0. The van der Waals surface area contributed by atoms with Gasteiger partial charge in [0.15, 0.2) is 0 Å². The minimum absolute atomic E-state index is 0.280. The Morgan fingerprint density at radius 2 is 1.80 bits per heavy atom. The Hall–Kier alpha value is -2.34. The maximum Gasteiger partial charge on any atom is 0.335 e. The number of hydrogen-bond acceptors (Lipinski definition) is 3. The van der Waals surface area contributed by atoms with E-state index < -0.39 is 21.2 Å². The summed E-state index contributed by atoms with van der Waals surface area (Å²) in [5.41, 5.74) is 2.78. The van der Waals surface area contributed by atoms with Crippen molar-refractivity contribution in [3.8, 4) is 0 Å². The summed E-state index contributed by atoms with van der Waals surface area (Å²) in [6, 6.07) is 14.2. The van der Waals surface area contributed by atoms with Crippen LogP contribution < -0.4 is 4.72 Å². The van der Waals surface area contributed by atoms with E-state index in [1.807, 2.05) is 18.2 Å². The molecule has 6 heteroatoms. The quantitative estimate of drug-likeness (QED) is 0.751. The van der Waals surface area contributed by atoms with Crippen molar-refractivity contribution < 1.29 is 18.3 Å². The highest BCUT2D eigenvalue weighted by Crippen LogP contribution is 2.20. The van der Waals surface area contributed by atoms with E-state index in [0.717, 1.165) is 24.0 Å². The Kier molecular flexibility index (Phi) is 6.20. The second kappa shape index (κ2) is 8.16. The van der Waals surface area contributed by atoms with Crippen LogP contribution in [0.2, 0.25) is 0 Å². The molecule has 2 N–H and O–H groups in total. The van der Waals surface area contributed by atoms with Gasteiger partial charge in [-0.3, -0.25) is 4.72 Å². The fourth-order valence-corrected chi connectivity index (χ4v) is 3.19. The van der Waals surface area contributed by atoms with Gasteiger partial charge in [-0.1, -0.05) is 30.3 Å². The predicted octanol–water partition coefficient (Wildman–Crippen LogP) is 3.71. The first-order chi connectivity index (χ1) is 11.8. The lowest BCUT2D eigenvalue weighted by Crippen LogP contribution is -2.23. The van der Waals surface area contributed by atoms with E-state index in [1.54, 1.807) is 44.2 Å². The molecule has 0 aliphatic heterocycles. The SMILES string of the molecule is CC(C)S(=O)(=O)Nc1ccccc1CCCc1cccc(C(=O)O)c1. The van der Waals surface area contributed by atoms with Crippen LogP contribution in [0, 0.1) is 0 Å². The molecule has 0 bridgehead atoms. The van der Waals surface area contributed by atoms with Gasteiger partial charge in [0.25, 0.3) is 0 Å². The van der Waals surface area contributed by atoms with Crippen molar-refractivity contribution in [1.82, 2.24) is 0 Å². The molecule has 25 heavy (non-hydrogen) atoms. The minimum Gasteiger partial charge on any atom is -0.478 e. The van der Waals surface area contributed by atoms with Gasteiger partial charge in [-0.2, -0.15) is 0 Å². The maximum atomic E-state index is 12.1. The third kappa shape index (κ3) is 5.32. The molecule has 0 fully saturated rings. The van der Waals surface area contributed by atoms with Crippen molar-refractivity contribution in [3.63, 3.8) is 0 Å². The first kappa shape index (κ1) is 19.0. The molecule has 0 aliphatic carbocycles. The Labute approximate surface area is 148 Å². The van der Waals surface area contributed by atoms with Crippen molar-refractivity contribution in [2.24, 2.45) is 0 Å². The van der Waals surface area contributed by atoms with E-state index in [4.69, 9.17) is 5.11 Å². The van der Waals surface area contributed by atoms with Crippen molar-refractivity contribution in [1.29, 1.82) is 0 Å². The highest BCUT2D eigenvalue weighted by Gasteiger charge is 2.17. The van der Waals surface area contributed by atoms with Crippen molar-refractivity contribution in [2.75, 3.05) is 4.72 Å². The van der Waals surface area contributed by atoms with E-state index in [-0.39, 0.29) is 5.56 Å². The van der Waals surface area contributed by atoms with Gasteiger partial charge in [0.05, 0.1) is 16.5 Å². The van der Waals surface area contributed by atoms with E-state index in [2.05, 4.69) is 4.72 Å². The Balaban J connectivity index is 2.04. The zero-order chi connectivity index (χ0) is 18.4. The van der Waals surface area contributed by atoms with Crippen LogP contribution in [0.1, 0.15) is 41.8 Å². The van der Waals surface area contributed by atoms with Gasteiger partial charge < -0.3 is 5.11 Å². The molecule has 0 radical (unpaired) electrons. The van der Waals surface area contributed by atoms with E-state index >= 15 is 0 Å². The normalized spacial score (nSPS) is 11.5. The molecular weight excluding hydrogens is 338 g/mol. The number of benzene rings is 2. The number of carboxylic acid groups (broad SMARTS) is 1. The number of carboxylic acids is 1. The van der Waals surface area contributed by atoms with Gasteiger partial charge in [-0.05, 0) is 62.4 Å². The number of para-hydroxylation sites is 1. The van der Waals surface area contributed by atoms with Crippen molar-refractivity contribution in [3.05, 3.63) is 65.2 Å². The highest BCUT2D eigenvalue weighted by molar-refractivity contribution is 7.93. The predicted molar refractivity (Wildman–Crippen MR) is 99.5 cm³/mol. The Bertz CT molecular complexity index is 844. The molecule has 0 aliphatic rings. The summed E-state index contributed by atoms with van der Waals surface area (Å²) in [4.78, 5) is 11.0. The number of nitrogens with one attached hydrogen (secondary N) is 1. The van der Waals surface area contributed by atoms with Gasteiger partial charge >= 0.3 is 5.97 Å². The third-order valence-electron chi connectivity index (χ3n) is 3.98. The average molecular weight is 361 g/mol. The zero-order valence-electron chi connectivity index (χ0n) is 14.4. The van der Waals surface area contributed by atoms with Crippen LogP contribution in [0.15, 0.2) is 48.5 Å². The monoisotopic (exact) mass is 361 g/mol. The van der Waals surface area contributed by atoms with E-state index in [9.17, 15) is 13.2 Å². The number of anilines is 1. The van der Waals surface area contributed by atoms with E-state index in [1.165, 1.54) is 0 Å². The van der Waals surface area contributed by atoms with Gasteiger partial charge in [0, 0.05) is 0 Å². The van der Waals surface area contributed by atoms with Crippen LogP contribution >= 0.6 is 0 Å². The fourth-order valence-electron chi connectivity index (χ4n) is 2.45. The molecule has 0 amide bonds. The van der Waals surface area contributed by atoms with Crippen LogP contribution in [0.5, 0.6) is 0 Å². The number of aryl methyl sites for hydroxylation is 2. The molecule has 0 aromatic heterocycles. The smallest absolute Gasteiger partial charge is 0.335 e. The number of carbonyl (C=O) groups is 1. The Morgan fingerprint density at radius 1 is 1.08 bits per heavy atom. The van der Waals surface area contributed by atoms with Crippen LogP contribution in [0.3, 0.4) is 0 Å². The van der Waals surface area contributed by atoms with Crippen molar-refractivity contribution >= 4 is 21.7 Å². The summed E-state index contributed by atoms with van der Waals surface area (Å²) in [6.45, 7) is 3.28. The van der Waals surface area contributed by atoms with Gasteiger partial charge in [0.1, 0.15) is 0 Å². The van der Waals surface area contributed by atoms with Gasteiger partial charge in [-0.25, -0.2) is 13.2 Å². The molecule has 2 aromatic rings.